The quantitative estimate of drug-likeness (QED) is 0.607. The first-order valence-corrected chi connectivity index (χ1v) is 3.36. The number of alkyl halides is 4. The van der Waals surface area contributed by atoms with E-state index in [1.165, 1.54) is 6.92 Å². The molecule has 1 atom stereocenters. The van der Waals surface area contributed by atoms with Crippen LogP contribution in [0.5, 0.6) is 0 Å². The Kier molecular flexibility index (Phi) is 2.56. The van der Waals surface area contributed by atoms with E-state index in [1.807, 2.05) is 0 Å². The van der Waals surface area contributed by atoms with Crippen LogP contribution in [0.4, 0.5) is 13.2 Å². The molecule has 0 bridgehead atoms. The van der Waals surface area contributed by atoms with Gasteiger partial charge >= 0.3 is 0 Å². The molecule has 0 saturated carbocycles. The van der Waals surface area contributed by atoms with E-state index in [1.54, 1.807) is 0 Å². The second-order valence-electron chi connectivity index (χ2n) is 1.95. The molecule has 0 amide bonds. The van der Waals surface area contributed by atoms with Crippen molar-refractivity contribution in [2.45, 2.75) is 30.8 Å². The third kappa shape index (κ3) is 2.16. The lowest BCUT2D eigenvalue weighted by Gasteiger charge is -2.23. The summed E-state index contributed by atoms with van der Waals surface area (Å²) in [5.41, 5.74) is 0. The maximum Gasteiger partial charge on any atom is 0.288 e. The molecule has 0 aliphatic heterocycles. The lowest BCUT2D eigenvalue weighted by molar-refractivity contribution is -0.0711. The summed E-state index contributed by atoms with van der Waals surface area (Å²) in [7, 11) is 0. The van der Waals surface area contributed by atoms with Gasteiger partial charge in [-0.1, -0.05) is 6.92 Å². The molecule has 0 spiro atoms. The summed E-state index contributed by atoms with van der Waals surface area (Å²) < 4.78 is 34.1. The summed E-state index contributed by atoms with van der Waals surface area (Å²) in [5.74, 6) is -3.30. The van der Waals surface area contributed by atoms with Crippen LogP contribution in [-0.4, -0.2) is 10.5 Å². The van der Waals surface area contributed by atoms with E-state index < -0.39 is 10.5 Å². The smallest absolute Gasteiger partial charge is 0.225 e. The van der Waals surface area contributed by atoms with Crippen LogP contribution in [-0.2, 0) is 0 Å². The van der Waals surface area contributed by atoms with Crippen LogP contribution in [0.15, 0.2) is 0 Å². The first-order valence-electron chi connectivity index (χ1n) is 2.57. The topological polar surface area (TPSA) is 0 Å². The molecule has 0 aliphatic carbocycles. The minimum Gasteiger partial charge on any atom is -0.225 e. The standard InChI is InChI=1S/C5H8BrF3/c1-3-5(6,9)4(2,7)8/h3H2,1-2H3. The molecule has 1 unspecified atom stereocenters. The molecule has 0 aliphatic rings. The van der Waals surface area contributed by atoms with Gasteiger partial charge in [0.1, 0.15) is 0 Å². The van der Waals surface area contributed by atoms with Crippen LogP contribution < -0.4 is 0 Å². The number of halogens is 4. The Bertz CT molecular complexity index is 94.9. The van der Waals surface area contributed by atoms with Crippen molar-refractivity contribution in [1.82, 2.24) is 0 Å². The van der Waals surface area contributed by atoms with Gasteiger partial charge in [0.15, 0.2) is 0 Å². The predicted molar refractivity (Wildman–Crippen MR) is 33.7 cm³/mol. The van der Waals surface area contributed by atoms with Crippen LogP contribution in [0, 0.1) is 0 Å². The zero-order valence-electron chi connectivity index (χ0n) is 5.22. The average Bonchev–Trinajstić information content (AvgIpc) is 1.64. The molecule has 0 nitrogen and oxygen atoms in total. The molecule has 0 aromatic carbocycles. The Labute approximate surface area is 60.6 Å². The average molecular weight is 205 g/mol. The van der Waals surface area contributed by atoms with Gasteiger partial charge in [-0.05, 0) is 22.4 Å². The van der Waals surface area contributed by atoms with E-state index in [4.69, 9.17) is 0 Å². The molecule has 0 N–H and O–H groups in total. The maximum absolute atomic E-state index is 12.5. The number of hydrogen-bond acceptors (Lipinski definition) is 0. The summed E-state index contributed by atoms with van der Waals surface area (Å²) >= 11 is 2.28. The second kappa shape index (κ2) is 2.48. The van der Waals surface area contributed by atoms with E-state index in [0.717, 1.165) is 0 Å². The monoisotopic (exact) mass is 204 g/mol. The lowest BCUT2D eigenvalue weighted by atomic mass is 10.2. The summed E-state index contributed by atoms with van der Waals surface area (Å²) in [6.07, 6.45) is -0.240. The Morgan fingerprint density at radius 1 is 1.33 bits per heavy atom. The zero-order valence-corrected chi connectivity index (χ0v) is 6.80. The van der Waals surface area contributed by atoms with Crippen molar-refractivity contribution in [3.05, 3.63) is 0 Å². The first-order chi connectivity index (χ1) is 3.81. The Balaban J connectivity index is 4.14. The molecule has 4 heteroatoms. The maximum atomic E-state index is 12.5. The minimum atomic E-state index is -3.30. The minimum absolute atomic E-state index is 0.240. The Hall–Kier alpha value is 0.270. The second-order valence-corrected chi connectivity index (χ2v) is 3.20. The van der Waals surface area contributed by atoms with E-state index in [2.05, 4.69) is 15.9 Å². The van der Waals surface area contributed by atoms with Crippen LogP contribution in [0.2, 0.25) is 0 Å². The van der Waals surface area contributed by atoms with Crippen LogP contribution in [0.1, 0.15) is 20.3 Å². The predicted octanol–water partition coefficient (Wildman–Crippen LogP) is 3.11. The fraction of sp³-hybridized carbons (Fsp3) is 1.00. The van der Waals surface area contributed by atoms with E-state index in [0.29, 0.717) is 6.92 Å². The molecule has 0 saturated heterocycles. The van der Waals surface area contributed by atoms with Gasteiger partial charge in [0.2, 0.25) is 4.58 Å². The van der Waals surface area contributed by atoms with Crippen LogP contribution >= 0.6 is 15.9 Å². The fourth-order valence-corrected chi connectivity index (χ4v) is 0.310. The Morgan fingerprint density at radius 2 is 1.67 bits per heavy atom. The van der Waals surface area contributed by atoms with Gasteiger partial charge in [-0.2, -0.15) is 0 Å². The molecule has 9 heavy (non-hydrogen) atoms. The lowest BCUT2D eigenvalue weighted by Crippen LogP contribution is -2.34. The first kappa shape index (κ1) is 9.27. The molecule has 0 heterocycles. The Morgan fingerprint density at radius 3 is 1.67 bits per heavy atom. The van der Waals surface area contributed by atoms with Crippen molar-refractivity contribution >= 4 is 15.9 Å². The molecule has 0 radical (unpaired) electrons. The number of rotatable bonds is 2. The third-order valence-electron chi connectivity index (χ3n) is 1.09. The van der Waals surface area contributed by atoms with E-state index in [9.17, 15) is 13.2 Å². The van der Waals surface area contributed by atoms with Gasteiger partial charge in [-0.15, -0.1) is 0 Å². The van der Waals surface area contributed by atoms with Crippen molar-refractivity contribution in [3.8, 4) is 0 Å². The zero-order chi connectivity index (χ0) is 7.71. The van der Waals surface area contributed by atoms with Gasteiger partial charge in [0.25, 0.3) is 5.92 Å². The molecular formula is C5H8BrF3. The molecule has 0 aromatic heterocycles. The van der Waals surface area contributed by atoms with Crippen molar-refractivity contribution in [3.63, 3.8) is 0 Å². The van der Waals surface area contributed by atoms with Crippen molar-refractivity contribution in [2.75, 3.05) is 0 Å². The molecule has 56 valence electrons. The SMILES string of the molecule is CCC(F)(Br)C(C)(F)F. The highest BCUT2D eigenvalue weighted by Gasteiger charge is 2.47. The van der Waals surface area contributed by atoms with Crippen LogP contribution in [0.25, 0.3) is 0 Å². The summed E-state index contributed by atoms with van der Waals surface area (Å²) in [6.45, 7) is 1.90. The van der Waals surface area contributed by atoms with Gasteiger partial charge in [-0.25, -0.2) is 13.2 Å². The fourth-order valence-electron chi connectivity index (χ4n) is 0.310. The molecule has 0 rings (SSSR count). The highest BCUT2D eigenvalue weighted by Crippen LogP contribution is 2.39. The van der Waals surface area contributed by atoms with Gasteiger partial charge in [0.05, 0.1) is 0 Å². The van der Waals surface area contributed by atoms with Gasteiger partial charge < -0.3 is 0 Å². The number of hydrogen-bond donors (Lipinski definition) is 0. The van der Waals surface area contributed by atoms with Crippen molar-refractivity contribution in [1.29, 1.82) is 0 Å². The highest BCUT2D eigenvalue weighted by molar-refractivity contribution is 9.10. The van der Waals surface area contributed by atoms with Gasteiger partial charge in [0, 0.05) is 6.92 Å². The van der Waals surface area contributed by atoms with Crippen molar-refractivity contribution < 1.29 is 13.2 Å². The van der Waals surface area contributed by atoms with E-state index in [-0.39, 0.29) is 6.42 Å². The largest absolute Gasteiger partial charge is 0.288 e. The molecule has 0 aromatic rings. The van der Waals surface area contributed by atoms with Crippen molar-refractivity contribution in [2.24, 2.45) is 0 Å². The van der Waals surface area contributed by atoms with E-state index >= 15 is 0 Å². The highest BCUT2D eigenvalue weighted by atomic mass is 79.9. The molecular weight excluding hydrogens is 197 g/mol. The van der Waals surface area contributed by atoms with Crippen LogP contribution in [0.3, 0.4) is 0 Å². The normalized spacial score (nSPS) is 19.3. The third-order valence-corrected chi connectivity index (χ3v) is 2.34. The van der Waals surface area contributed by atoms with Gasteiger partial charge in [-0.3, -0.25) is 0 Å². The summed E-state index contributed by atoms with van der Waals surface area (Å²) in [6, 6.07) is 0. The summed E-state index contributed by atoms with van der Waals surface area (Å²) in [4.78, 5) is 0. The summed E-state index contributed by atoms with van der Waals surface area (Å²) in [5, 5.41) is 0. The molecule has 0 fully saturated rings.